The van der Waals surface area contributed by atoms with Crippen LogP contribution in [-0.4, -0.2) is 35.1 Å². The van der Waals surface area contributed by atoms with Crippen LogP contribution in [0.25, 0.3) is 0 Å². The van der Waals surface area contributed by atoms with Gasteiger partial charge in [0, 0.05) is 0 Å². The van der Waals surface area contributed by atoms with Crippen molar-refractivity contribution in [3.8, 4) is 0 Å². The maximum absolute atomic E-state index is 10.7. The largest absolute Gasteiger partial charge is 0.480 e. The van der Waals surface area contributed by atoms with E-state index in [4.69, 9.17) is 5.11 Å². The van der Waals surface area contributed by atoms with E-state index in [1.807, 2.05) is 0 Å². The summed E-state index contributed by atoms with van der Waals surface area (Å²) in [5, 5.41) is 8.84. The van der Waals surface area contributed by atoms with Gasteiger partial charge in [-0.05, 0) is 32.4 Å². The number of unbranched alkanes of at least 4 members (excludes halogenated alkanes) is 1. The fourth-order valence-corrected chi connectivity index (χ4v) is 1.73. The SMILES string of the molecule is CCCCN1CCCC1C(=O)O. The molecule has 1 N–H and O–H groups in total. The molecule has 1 saturated heterocycles. The van der Waals surface area contributed by atoms with Gasteiger partial charge in [0.2, 0.25) is 0 Å². The summed E-state index contributed by atoms with van der Waals surface area (Å²) in [6, 6.07) is -0.198. The van der Waals surface area contributed by atoms with Gasteiger partial charge in [0.15, 0.2) is 0 Å². The quantitative estimate of drug-likeness (QED) is 0.693. The summed E-state index contributed by atoms with van der Waals surface area (Å²) < 4.78 is 0. The number of rotatable bonds is 4. The third kappa shape index (κ3) is 2.21. The van der Waals surface area contributed by atoms with E-state index in [1.165, 1.54) is 0 Å². The van der Waals surface area contributed by atoms with Gasteiger partial charge in [-0.25, -0.2) is 0 Å². The Kier molecular flexibility index (Phi) is 3.53. The molecule has 1 atom stereocenters. The smallest absolute Gasteiger partial charge is 0.320 e. The fraction of sp³-hybridized carbons (Fsp3) is 0.889. The van der Waals surface area contributed by atoms with E-state index >= 15 is 0 Å². The first-order valence-corrected chi connectivity index (χ1v) is 4.72. The van der Waals surface area contributed by atoms with Gasteiger partial charge in [0.05, 0.1) is 0 Å². The molecule has 0 saturated carbocycles. The van der Waals surface area contributed by atoms with Gasteiger partial charge in [0.1, 0.15) is 6.04 Å². The number of carboxylic acids is 1. The molecule has 0 radical (unpaired) electrons. The third-order valence-corrected chi connectivity index (χ3v) is 2.45. The molecule has 0 aromatic heterocycles. The Balaban J connectivity index is 2.35. The van der Waals surface area contributed by atoms with Crippen molar-refractivity contribution in [2.24, 2.45) is 0 Å². The molecule has 70 valence electrons. The summed E-state index contributed by atoms with van der Waals surface area (Å²) in [5.41, 5.74) is 0. The van der Waals surface area contributed by atoms with Crippen molar-refractivity contribution >= 4 is 5.97 Å². The van der Waals surface area contributed by atoms with Crippen LogP contribution in [0.3, 0.4) is 0 Å². The van der Waals surface area contributed by atoms with E-state index < -0.39 is 5.97 Å². The minimum absolute atomic E-state index is 0.198. The first-order chi connectivity index (χ1) is 5.75. The van der Waals surface area contributed by atoms with E-state index in [0.717, 1.165) is 38.8 Å². The zero-order valence-electron chi connectivity index (χ0n) is 7.62. The van der Waals surface area contributed by atoms with Crippen molar-refractivity contribution in [1.29, 1.82) is 0 Å². The number of carboxylic acid groups (broad SMARTS) is 1. The van der Waals surface area contributed by atoms with Crippen LogP contribution in [0.1, 0.15) is 32.6 Å². The Hall–Kier alpha value is -0.570. The Morgan fingerprint density at radius 3 is 3.00 bits per heavy atom. The monoisotopic (exact) mass is 171 g/mol. The molecule has 1 rings (SSSR count). The minimum atomic E-state index is -0.649. The molecule has 12 heavy (non-hydrogen) atoms. The van der Waals surface area contributed by atoms with E-state index in [1.54, 1.807) is 0 Å². The minimum Gasteiger partial charge on any atom is -0.480 e. The summed E-state index contributed by atoms with van der Waals surface area (Å²) in [6.45, 7) is 4.05. The number of likely N-dealkylation sites (tertiary alicyclic amines) is 1. The lowest BCUT2D eigenvalue weighted by Crippen LogP contribution is -2.36. The highest BCUT2D eigenvalue weighted by Gasteiger charge is 2.29. The first kappa shape index (κ1) is 9.52. The van der Waals surface area contributed by atoms with Crippen LogP contribution < -0.4 is 0 Å². The Morgan fingerprint density at radius 1 is 1.67 bits per heavy atom. The summed E-state index contributed by atoms with van der Waals surface area (Å²) in [4.78, 5) is 12.8. The molecule has 0 bridgehead atoms. The summed E-state index contributed by atoms with van der Waals surface area (Å²) >= 11 is 0. The second-order valence-corrected chi connectivity index (χ2v) is 3.39. The molecule has 3 heteroatoms. The van der Waals surface area contributed by atoms with Crippen LogP contribution in [0.4, 0.5) is 0 Å². The van der Waals surface area contributed by atoms with Crippen LogP contribution >= 0.6 is 0 Å². The second kappa shape index (κ2) is 4.45. The highest BCUT2D eigenvalue weighted by Crippen LogP contribution is 2.17. The van der Waals surface area contributed by atoms with E-state index in [9.17, 15) is 4.79 Å². The lowest BCUT2D eigenvalue weighted by Gasteiger charge is -2.20. The van der Waals surface area contributed by atoms with E-state index in [0.29, 0.717) is 0 Å². The average molecular weight is 171 g/mol. The number of hydrogen-bond acceptors (Lipinski definition) is 2. The summed E-state index contributed by atoms with van der Waals surface area (Å²) in [5.74, 6) is -0.649. The van der Waals surface area contributed by atoms with Gasteiger partial charge in [-0.2, -0.15) is 0 Å². The van der Waals surface area contributed by atoms with Gasteiger partial charge in [-0.15, -0.1) is 0 Å². The number of carbonyl (C=O) groups is 1. The maximum Gasteiger partial charge on any atom is 0.320 e. The molecule has 1 unspecified atom stereocenters. The third-order valence-electron chi connectivity index (χ3n) is 2.45. The predicted molar refractivity (Wildman–Crippen MR) is 47.1 cm³/mol. The van der Waals surface area contributed by atoms with Crippen LogP contribution in [-0.2, 0) is 4.79 Å². The van der Waals surface area contributed by atoms with Crippen molar-refractivity contribution in [1.82, 2.24) is 4.90 Å². The molecule has 0 spiro atoms. The van der Waals surface area contributed by atoms with Crippen molar-refractivity contribution in [2.75, 3.05) is 13.1 Å². The first-order valence-electron chi connectivity index (χ1n) is 4.72. The van der Waals surface area contributed by atoms with Crippen molar-refractivity contribution < 1.29 is 9.90 Å². The summed E-state index contributed by atoms with van der Waals surface area (Å²) in [6.07, 6.45) is 4.13. The van der Waals surface area contributed by atoms with Gasteiger partial charge in [-0.1, -0.05) is 13.3 Å². The molecule has 1 aliphatic rings. The molecule has 1 heterocycles. The van der Waals surface area contributed by atoms with Crippen LogP contribution in [0.15, 0.2) is 0 Å². The Morgan fingerprint density at radius 2 is 2.42 bits per heavy atom. The van der Waals surface area contributed by atoms with Gasteiger partial charge in [0.25, 0.3) is 0 Å². The Bertz CT molecular complexity index is 159. The highest BCUT2D eigenvalue weighted by atomic mass is 16.4. The molecule has 3 nitrogen and oxygen atoms in total. The van der Waals surface area contributed by atoms with Crippen LogP contribution in [0, 0.1) is 0 Å². The van der Waals surface area contributed by atoms with Crippen LogP contribution in [0.5, 0.6) is 0 Å². The molecular formula is C9H17NO2. The van der Waals surface area contributed by atoms with Gasteiger partial charge >= 0.3 is 5.97 Å². The topological polar surface area (TPSA) is 40.5 Å². The maximum atomic E-state index is 10.7. The molecule has 1 fully saturated rings. The number of nitrogens with zero attached hydrogens (tertiary/aromatic N) is 1. The Labute approximate surface area is 73.4 Å². The lowest BCUT2D eigenvalue weighted by molar-refractivity contribution is -0.142. The number of hydrogen-bond donors (Lipinski definition) is 1. The standard InChI is InChI=1S/C9H17NO2/c1-2-3-6-10-7-4-5-8(10)9(11)12/h8H,2-7H2,1H3,(H,11,12). The number of aliphatic carboxylic acids is 1. The average Bonchev–Trinajstić information content (AvgIpc) is 2.48. The molecule has 0 aromatic rings. The normalized spacial score (nSPS) is 24.6. The second-order valence-electron chi connectivity index (χ2n) is 3.39. The van der Waals surface area contributed by atoms with Crippen molar-refractivity contribution in [3.63, 3.8) is 0 Å². The predicted octanol–water partition coefficient (Wildman–Crippen LogP) is 1.34. The van der Waals surface area contributed by atoms with Gasteiger partial charge in [-0.3, -0.25) is 9.69 Å². The zero-order chi connectivity index (χ0) is 8.97. The zero-order valence-corrected chi connectivity index (χ0v) is 7.62. The van der Waals surface area contributed by atoms with Gasteiger partial charge < -0.3 is 5.11 Å². The van der Waals surface area contributed by atoms with E-state index in [2.05, 4.69) is 11.8 Å². The van der Waals surface area contributed by atoms with Crippen LogP contribution in [0.2, 0.25) is 0 Å². The summed E-state index contributed by atoms with van der Waals surface area (Å²) in [7, 11) is 0. The molecular weight excluding hydrogens is 154 g/mol. The van der Waals surface area contributed by atoms with Crippen molar-refractivity contribution in [2.45, 2.75) is 38.6 Å². The lowest BCUT2D eigenvalue weighted by atomic mass is 10.2. The molecule has 0 aromatic carbocycles. The molecule has 0 aliphatic carbocycles. The molecule has 1 aliphatic heterocycles. The molecule has 0 amide bonds. The van der Waals surface area contributed by atoms with Crippen molar-refractivity contribution in [3.05, 3.63) is 0 Å². The highest BCUT2D eigenvalue weighted by molar-refractivity contribution is 5.73. The van der Waals surface area contributed by atoms with E-state index in [-0.39, 0.29) is 6.04 Å². The fourth-order valence-electron chi connectivity index (χ4n) is 1.73.